The molecule has 0 atom stereocenters. The van der Waals surface area contributed by atoms with Crippen LogP contribution in [0.1, 0.15) is 30.3 Å². The molecule has 3 aromatic rings. The van der Waals surface area contributed by atoms with Gasteiger partial charge in [0.1, 0.15) is 10.8 Å². The Labute approximate surface area is 184 Å². The summed E-state index contributed by atoms with van der Waals surface area (Å²) in [5.74, 6) is 0.978. The van der Waals surface area contributed by atoms with Crippen LogP contribution < -0.4 is 16.8 Å². The van der Waals surface area contributed by atoms with E-state index >= 15 is 0 Å². The summed E-state index contributed by atoms with van der Waals surface area (Å²) in [5, 5.41) is 13.3. The molecule has 0 aliphatic carbocycles. The van der Waals surface area contributed by atoms with Crippen molar-refractivity contribution in [3.63, 3.8) is 0 Å². The van der Waals surface area contributed by atoms with E-state index in [0.717, 1.165) is 16.1 Å². The molecule has 0 aliphatic rings. The number of nitrogens with two attached hydrogens (primary N) is 2. The first-order valence-corrected chi connectivity index (χ1v) is 10.4. The maximum Gasteiger partial charge on any atom is 0.211 e. The average molecular weight is 436 g/mol. The highest BCUT2D eigenvalue weighted by molar-refractivity contribution is 7.15. The Morgan fingerprint density at radius 3 is 2.55 bits per heavy atom. The summed E-state index contributed by atoms with van der Waals surface area (Å²) in [6.45, 7) is 4.17. The summed E-state index contributed by atoms with van der Waals surface area (Å²) >= 11 is 1.51. The molecule has 0 saturated carbocycles. The smallest absolute Gasteiger partial charge is 0.211 e. The van der Waals surface area contributed by atoms with Crippen molar-refractivity contribution in [3.05, 3.63) is 52.9 Å². The lowest BCUT2D eigenvalue weighted by Crippen LogP contribution is -2.11. The standard InChI is InChI=1S/C21H25N9S/c1-12(2)20-29-30-21(31-20)28-18-6-5-16-17(27-18)7-13(11-26-16)15(9-23)19(25-4)14(8-22)10-24-3/h5-12H,22-23H2,1-4H3,(H,27,28,30). The first-order valence-electron chi connectivity index (χ1n) is 9.61. The van der Waals surface area contributed by atoms with Gasteiger partial charge in [-0.15, -0.1) is 10.2 Å². The van der Waals surface area contributed by atoms with E-state index in [4.69, 9.17) is 11.5 Å². The van der Waals surface area contributed by atoms with Crippen LogP contribution >= 0.6 is 11.3 Å². The number of allylic oxidation sites excluding steroid dienone is 2. The summed E-state index contributed by atoms with van der Waals surface area (Å²) in [4.78, 5) is 17.6. The lowest BCUT2D eigenvalue weighted by Gasteiger charge is -2.12. The van der Waals surface area contributed by atoms with Crippen LogP contribution in [-0.4, -0.2) is 46.2 Å². The molecule has 3 aromatic heterocycles. The van der Waals surface area contributed by atoms with Crippen molar-refractivity contribution in [1.82, 2.24) is 20.2 Å². The maximum absolute atomic E-state index is 5.94. The van der Waals surface area contributed by atoms with E-state index in [1.54, 1.807) is 26.5 Å². The van der Waals surface area contributed by atoms with Gasteiger partial charge >= 0.3 is 0 Å². The fourth-order valence-electron chi connectivity index (χ4n) is 2.89. The van der Waals surface area contributed by atoms with Crippen molar-refractivity contribution < 1.29 is 0 Å². The Balaban J connectivity index is 1.96. The number of nitrogens with zero attached hydrogens (tertiary/aromatic N) is 6. The Bertz CT molecular complexity index is 1190. The van der Waals surface area contributed by atoms with E-state index in [1.165, 1.54) is 23.7 Å². The number of nitrogens with one attached hydrogen (secondary N) is 1. The van der Waals surface area contributed by atoms with Crippen LogP contribution in [0.5, 0.6) is 0 Å². The number of anilines is 2. The predicted octanol–water partition coefficient (Wildman–Crippen LogP) is 3.26. The van der Waals surface area contributed by atoms with Crippen LogP contribution in [0.2, 0.25) is 0 Å². The molecule has 0 fully saturated rings. The Morgan fingerprint density at radius 2 is 1.94 bits per heavy atom. The third kappa shape index (κ3) is 4.92. The maximum atomic E-state index is 5.94. The quantitative estimate of drug-likeness (QED) is 0.484. The van der Waals surface area contributed by atoms with Gasteiger partial charge < -0.3 is 16.8 Å². The predicted molar refractivity (Wildman–Crippen MR) is 129 cm³/mol. The minimum atomic E-state index is 0.325. The first-order chi connectivity index (χ1) is 15.0. The number of hydrogen-bond donors (Lipinski definition) is 3. The molecular formula is C21H25N9S. The minimum absolute atomic E-state index is 0.325. The second-order valence-corrected chi connectivity index (χ2v) is 7.85. The highest BCUT2D eigenvalue weighted by Gasteiger charge is 2.15. The van der Waals surface area contributed by atoms with Crippen molar-refractivity contribution in [1.29, 1.82) is 0 Å². The van der Waals surface area contributed by atoms with E-state index < -0.39 is 0 Å². The molecule has 0 bridgehead atoms. The van der Waals surface area contributed by atoms with Gasteiger partial charge in [0.15, 0.2) is 0 Å². The van der Waals surface area contributed by atoms with E-state index in [0.29, 0.717) is 39.2 Å². The van der Waals surface area contributed by atoms with Gasteiger partial charge in [-0.05, 0) is 18.2 Å². The second-order valence-electron chi connectivity index (χ2n) is 6.85. The molecule has 0 aliphatic heterocycles. The van der Waals surface area contributed by atoms with Crippen molar-refractivity contribution in [2.24, 2.45) is 21.5 Å². The molecule has 3 heterocycles. The summed E-state index contributed by atoms with van der Waals surface area (Å²) in [5.41, 5.74) is 15.9. The highest BCUT2D eigenvalue weighted by atomic mass is 32.1. The van der Waals surface area contributed by atoms with Crippen LogP contribution in [-0.2, 0) is 0 Å². The van der Waals surface area contributed by atoms with E-state index in [9.17, 15) is 0 Å². The summed E-state index contributed by atoms with van der Waals surface area (Å²) in [6.07, 6.45) is 6.29. The molecular weight excluding hydrogens is 410 g/mol. The average Bonchev–Trinajstić information content (AvgIpc) is 3.24. The van der Waals surface area contributed by atoms with Gasteiger partial charge in [0.2, 0.25) is 5.13 Å². The number of aromatic nitrogens is 4. The van der Waals surface area contributed by atoms with Crippen molar-refractivity contribution in [2.75, 3.05) is 19.4 Å². The molecule has 31 heavy (non-hydrogen) atoms. The fraction of sp³-hybridized carbons (Fsp3) is 0.238. The van der Waals surface area contributed by atoms with Gasteiger partial charge in [-0.2, -0.15) is 0 Å². The van der Waals surface area contributed by atoms with Crippen molar-refractivity contribution in [2.45, 2.75) is 19.8 Å². The third-order valence-electron chi connectivity index (χ3n) is 4.38. The molecule has 9 nitrogen and oxygen atoms in total. The molecule has 0 radical (unpaired) electrons. The Kier molecular flexibility index (Phi) is 7.03. The van der Waals surface area contributed by atoms with Crippen molar-refractivity contribution in [3.8, 4) is 0 Å². The number of fused-ring (bicyclic) bond motifs is 1. The number of rotatable bonds is 7. The van der Waals surface area contributed by atoms with Gasteiger partial charge in [0.25, 0.3) is 0 Å². The Morgan fingerprint density at radius 1 is 1.13 bits per heavy atom. The largest absolute Gasteiger partial charge is 0.404 e. The zero-order chi connectivity index (χ0) is 22.4. The Hall–Kier alpha value is -3.66. The highest BCUT2D eigenvalue weighted by Crippen LogP contribution is 2.26. The van der Waals surface area contributed by atoms with Crippen LogP contribution in [0, 0.1) is 0 Å². The van der Waals surface area contributed by atoms with Gasteiger partial charge in [-0.25, -0.2) is 4.98 Å². The molecule has 160 valence electrons. The molecule has 0 spiro atoms. The van der Waals surface area contributed by atoms with Crippen LogP contribution in [0.25, 0.3) is 16.6 Å². The topological polar surface area (TPSA) is 140 Å². The minimum Gasteiger partial charge on any atom is -0.404 e. The first kappa shape index (κ1) is 22.0. The second kappa shape index (κ2) is 9.90. The molecule has 5 N–H and O–H groups in total. The summed E-state index contributed by atoms with van der Waals surface area (Å²) in [7, 11) is 3.34. The lowest BCUT2D eigenvalue weighted by molar-refractivity contribution is 0.825. The van der Waals surface area contributed by atoms with Gasteiger partial charge in [0, 0.05) is 61.5 Å². The van der Waals surface area contributed by atoms with Gasteiger partial charge in [-0.1, -0.05) is 25.2 Å². The number of aliphatic imine (C=N–C) groups is 2. The molecule has 0 amide bonds. The van der Waals surface area contributed by atoms with Crippen LogP contribution in [0.4, 0.5) is 10.9 Å². The third-order valence-corrected chi connectivity index (χ3v) is 5.52. The fourth-order valence-corrected chi connectivity index (χ4v) is 3.64. The number of hydrogen-bond acceptors (Lipinski definition) is 10. The SMILES string of the molecule is CN=CC(=CN)C(=NC)C(=CN)c1cnc2ccc(Nc3nnc(C(C)C)s3)nc2c1. The lowest BCUT2D eigenvalue weighted by atomic mass is 9.98. The van der Waals surface area contributed by atoms with Crippen LogP contribution in [0.3, 0.4) is 0 Å². The monoisotopic (exact) mass is 435 g/mol. The zero-order valence-corrected chi connectivity index (χ0v) is 18.7. The van der Waals surface area contributed by atoms with E-state index in [-0.39, 0.29) is 0 Å². The number of pyridine rings is 2. The van der Waals surface area contributed by atoms with Gasteiger partial charge in [0.05, 0.1) is 16.7 Å². The van der Waals surface area contributed by atoms with Gasteiger partial charge in [-0.3, -0.25) is 15.0 Å². The molecule has 10 heteroatoms. The van der Waals surface area contributed by atoms with Crippen LogP contribution in [0.15, 0.2) is 52.4 Å². The summed E-state index contributed by atoms with van der Waals surface area (Å²) < 4.78 is 0. The molecule has 0 aromatic carbocycles. The molecule has 3 rings (SSSR count). The normalized spacial score (nSPS) is 13.5. The summed E-state index contributed by atoms with van der Waals surface area (Å²) in [6, 6.07) is 5.67. The van der Waals surface area contributed by atoms with E-state index in [2.05, 4.69) is 49.3 Å². The van der Waals surface area contributed by atoms with Crippen molar-refractivity contribution >= 4 is 50.8 Å². The molecule has 0 unspecified atom stereocenters. The molecule has 0 saturated heterocycles. The van der Waals surface area contributed by atoms with E-state index in [1.807, 2.05) is 18.2 Å². The zero-order valence-electron chi connectivity index (χ0n) is 17.9.